The molecule has 2 aromatic heterocycles. The largest absolute Gasteiger partial charge is 0.497 e. The van der Waals surface area contributed by atoms with E-state index in [2.05, 4.69) is 10.1 Å². The van der Waals surface area contributed by atoms with E-state index in [9.17, 15) is 4.79 Å². The number of benzene rings is 1. The van der Waals surface area contributed by atoms with Gasteiger partial charge in [-0.25, -0.2) is 4.79 Å². The number of hydrogen-bond donors (Lipinski definition) is 0. The van der Waals surface area contributed by atoms with E-state index in [1.807, 2.05) is 29.6 Å². The Hall–Kier alpha value is -2.67. The molecule has 3 aromatic rings. The van der Waals surface area contributed by atoms with Gasteiger partial charge in [0.25, 0.3) is 5.89 Å². The number of carbonyl (C=O) groups excluding carboxylic acids is 1. The SMILES string of the molecule is COc1ccc(-c2noc(COC(=O)c3cccs3)n2)cc1. The number of rotatable bonds is 5. The van der Waals surface area contributed by atoms with Crippen molar-refractivity contribution in [1.29, 1.82) is 0 Å². The molecular formula is C15H12N2O4S. The summed E-state index contributed by atoms with van der Waals surface area (Å²) in [6, 6.07) is 10.7. The molecule has 0 saturated heterocycles. The predicted molar refractivity (Wildman–Crippen MR) is 79.7 cm³/mol. The highest BCUT2D eigenvalue weighted by Gasteiger charge is 2.13. The minimum atomic E-state index is -0.404. The maximum absolute atomic E-state index is 11.7. The summed E-state index contributed by atoms with van der Waals surface area (Å²) in [6.45, 7) is -0.0557. The van der Waals surface area contributed by atoms with Crippen LogP contribution in [0.15, 0.2) is 46.3 Å². The molecule has 3 rings (SSSR count). The molecule has 0 aliphatic carbocycles. The average molecular weight is 316 g/mol. The predicted octanol–water partition coefficient (Wildman–Crippen LogP) is 3.16. The van der Waals surface area contributed by atoms with E-state index in [-0.39, 0.29) is 12.5 Å². The first-order chi connectivity index (χ1) is 10.8. The monoisotopic (exact) mass is 316 g/mol. The Labute approximate surface area is 130 Å². The highest BCUT2D eigenvalue weighted by Crippen LogP contribution is 2.20. The Morgan fingerprint density at radius 2 is 2.09 bits per heavy atom. The first-order valence-corrected chi connectivity index (χ1v) is 7.32. The molecular weight excluding hydrogens is 304 g/mol. The van der Waals surface area contributed by atoms with Gasteiger partial charge in [0.15, 0.2) is 6.61 Å². The van der Waals surface area contributed by atoms with Crippen LogP contribution >= 0.6 is 11.3 Å². The first-order valence-electron chi connectivity index (χ1n) is 6.44. The quantitative estimate of drug-likeness (QED) is 0.673. The summed E-state index contributed by atoms with van der Waals surface area (Å²) in [7, 11) is 1.60. The fraction of sp³-hybridized carbons (Fsp3) is 0.133. The lowest BCUT2D eigenvalue weighted by atomic mass is 10.2. The third-order valence-corrected chi connectivity index (χ3v) is 3.72. The standard InChI is InChI=1S/C15H12N2O4S/c1-19-11-6-4-10(5-7-11)14-16-13(21-17-14)9-20-15(18)12-3-2-8-22-12/h2-8H,9H2,1H3. The van der Waals surface area contributed by atoms with E-state index in [1.54, 1.807) is 19.2 Å². The number of hydrogen-bond acceptors (Lipinski definition) is 7. The molecule has 0 fully saturated rings. The summed E-state index contributed by atoms with van der Waals surface area (Å²) < 4.78 is 15.3. The smallest absolute Gasteiger partial charge is 0.348 e. The summed E-state index contributed by atoms with van der Waals surface area (Å²) >= 11 is 1.32. The van der Waals surface area contributed by atoms with Crippen molar-refractivity contribution in [2.45, 2.75) is 6.61 Å². The van der Waals surface area contributed by atoms with E-state index in [0.29, 0.717) is 10.7 Å². The van der Waals surface area contributed by atoms with E-state index < -0.39 is 5.97 Å². The van der Waals surface area contributed by atoms with Crippen LogP contribution < -0.4 is 4.74 Å². The van der Waals surface area contributed by atoms with Crippen LogP contribution in [0.5, 0.6) is 5.75 Å². The van der Waals surface area contributed by atoms with Crippen molar-refractivity contribution in [2.75, 3.05) is 7.11 Å². The number of nitrogens with zero attached hydrogens (tertiary/aromatic N) is 2. The molecule has 0 amide bonds. The van der Waals surface area contributed by atoms with Gasteiger partial charge in [-0.2, -0.15) is 4.98 Å². The molecule has 0 radical (unpaired) electrons. The second-order valence-electron chi connectivity index (χ2n) is 4.29. The highest BCUT2D eigenvalue weighted by molar-refractivity contribution is 7.11. The van der Waals surface area contributed by atoms with E-state index in [4.69, 9.17) is 14.0 Å². The van der Waals surface area contributed by atoms with Gasteiger partial charge >= 0.3 is 5.97 Å². The zero-order valence-electron chi connectivity index (χ0n) is 11.7. The van der Waals surface area contributed by atoms with Crippen LogP contribution in [0, 0.1) is 0 Å². The number of ether oxygens (including phenoxy) is 2. The zero-order valence-corrected chi connectivity index (χ0v) is 12.5. The van der Waals surface area contributed by atoms with Gasteiger partial charge in [-0.05, 0) is 35.7 Å². The fourth-order valence-corrected chi connectivity index (χ4v) is 2.38. The van der Waals surface area contributed by atoms with Crippen molar-refractivity contribution in [1.82, 2.24) is 10.1 Å². The number of esters is 1. The molecule has 0 aliphatic heterocycles. The van der Waals surface area contributed by atoms with Crippen molar-refractivity contribution in [3.8, 4) is 17.1 Å². The van der Waals surface area contributed by atoms with Gasteiger partial charge in [-0.15, -0.1) is 11.3 Å². The van der Waals surface area contributed by atoms with Crippen molar-refractivity contribution in [2.24, 2.45) is 0 Å². The molecule has 0 spiro atoms. The van der Waals surface area contributed by atoms with Crippen LogP contribution in [0.3, 0.4) is 0 Å². The molecule has 1 aromatic carbocycles. The van der Waals surface area contributed by atoms with Crippen molar-refractivity contribution in [3.63, 3.8) is 0 Å². The summed E-state index contributed by atoms with van der Waals surface area (Å²) in [5.74, 6) is 1.03. The van der Waals surface area contributed by atoms with Gasteiger partial charge in [0, 0.05) is 5.56 Å². The Bertz CT molecular complexity index is 750. The van der Waals surface area contributed by atoms with Crippen LogP contribution in [0.2, 0.25) is 0 Å². The second-order valence-corrected chi connectivity index (χ2v) is 5.24. The molecule has 0 saturated carbocycles. The van der Waals surface area contributed by atoms with Crippen molar-refractivity contribution >= 4 is 17.3 Å². The van der Waals surface area contributed by atoms with Gasteiger partial charge in [0.05, 0.1) is 7.11 Å². The highest BCUT2D eigenvalue weighted by atomic mass is 32.1. The average Bonchev–Trinajstić information content (AvgIpc) is 3.24. The summed E-state index contributed by atoms with van der Waals surface area (Å²) in [5, 5.41) is 5.68. The van der Waals surface area contributed by atoms with Crippen LogP contribution in [0.25, 0.3) is 11.4 Å². The molecule has 6 nitrogen and oxygen atoms in total. The Balaban J connectivity index is 1.64. The number of carbonyl (C=O) groups is 1. The number of methoxy groups -OCH3 is 1. The molecule has 112 valence electrons. The maximum Gasteiger partial charge on any atom is 0.348 e. The van der Waals surface area contributed by atoms with Gasteiger partial charge in [0.2, 0.25) is 5.82 Å². The van der Waals surface area contributed by atoms with Crippen molar-refractivity contribution < 1.29 is 18.8 Å². The lowest BCUT2D eigenvalue weighted by Gasteiger charge is -1.99. The van der Waals surface area contributed by atoms with Gasteiger partial charge in [-0.3, -0.25) is 0 Å². The number of thiophene rings is 1. The van der Waals surface area contributed by atoms with Crippen LogP contribution in [0.4, 0.5) is 0 Å². The molecule has 0 unspecified atom stereocenters. The molecule has 0 N–H and O–H groups in total. The first kappa shape index (κ1) is 14.3. The molecule has 0 atom stereocenters. The second kappa shape index (κ2) is 6.40. The van der Waals surface area contributed by atoms with Crippen LogP contribution in [0.1, 0.15) is 15.6 Å². The van der Waals surface area contributed by atoms with E-state index in [1.165, 1.54) is 11.3 Å². The Morgan fingerprint density at radius 3 is 2.77 bits per heavy atom. The third kappa shape index (κ3) is 3.15. The molecule has 0 aliphatic rings. The molecule has 7 heteroatoms. The summed E-state index contributed by atoms with van der Waals surface area (Å²) in [4.78, 5) is 16.4. The van der Waals surface area contributed by atoms with E-state index >= 15 is 0 Å². The van der Waals surface area contributed by atoms with Gasteiger partial charge < -0.3 is 14.0 Å². The zero-order chi connectivity index (χ0) is 15.4. The normalized spacial score (nSPS) is 10.4. The van der Waals surface area contributed by atoms with E-state index in [0.717, 1.165) is 11.3 Å². The molecule has 2 heterocycles. The Morgan fingerprint density at radius 1 is 1.27 bits per heavy atom. The lowest BCUT2D eigenvalue weighted by Crippen LogP contribution is -2.03. The third-order valence-electron chi connectivity index (χ3n) is 2.87. The minimum absolute atomic E-state index is 0.0557. The number of aromatic nitrogens is 2. The summed E-state index contributed by atoms with van der Waals surface area (Å²) in [5.41, 5.74) is 0.792. The minimum Gasteiger partial charge on any atom is -0.497 e. The van der Waals surface area contributed by atoms with Crippen LogP contribution in [-0.4, -0.2) is 23.2 Å². The van der Waals surface area contributed by atoms with Crippen molar-refractivity contribution in [3.05, 3.63) is 52.5 Å². The molecule has 22 heavy (non-hydrogen) atoms. The fourth-order valence-electron chi connectivity index (χ4n) is 1.76. The van der Waals surface area contributed by atoms with Gasteiger partial charge in [0.1, 0.15) is 10.6 Å². The maximum atomic E-state index is 11.7. The lowest BCUT2D eigenvalue weighted by molar-refractivity contribution is 0.0435. The van der Waals surface area contributed by atoms with Gasteiger partial charge in [-0.1, -0.05) is 11.2 Å². The topological polar surface area (TPSA) is 74.5 Å². The summed E-state index contributed by atoms with van der Waals surface area (Å²) in [6.07, 6.45) is 0. The van der Waals surface area contributed by atoms with Crippen LogP contribution in [-0.2, 0) is 11.3 Å². The molecule has 0 bridgehead atoms. The Kier molecular flexibility index (Phi) is 4.15.